The van der Waals surface area contributed by atoms with Crippen LogP contribution in [-0.4, -0.2) is 0 Å². The van der Waals surface area contributed by atoms with Crippen LogP contribution in [0, 0.1) is 18.3 Å². The first kappa shape index (κ1) is 12.9. The van der Waals surface area contributed by atoms with Crippen LogP contribution in [0.25, 0.3) is 0 Å². The first-order valence-corrected chi connectivity index (χ1v) is 6.50. The molecule has 18 heavy (non-hydrogen) atoms. The number of nitrogens with zero attached hydrogens (tertiary/aromatic N) is 1. The second-order valence-electron chi connectivity index (χ2n) is 3.87. The summed E-state index contributed by atoms with van der Waals surface area (Å²) in [6.07, 6.45) is 0. The number of halogens is 2. The van der Waals surface area contributed by atoms with Crippen LogP contribution >= 0.6 is 27.5 Å². The van der Waals surface area contributed by atoms with Crippen molar-refractivity contribution in [2.45, 2.75) is 6.92 Å². The van der Waals surface area contributed by atoms with Crippen LogP contribution in [0.2, 0.25) is 5.02 Å². The molecule has 0 spiro atoms. The molecule has 2 nitrogen and oxygen atoms in total. The average molecular weight is 322 g/mol. The third-order valence-corrected chi connectivity index (χ3v) is 3.92. The Morgan fingerprint density at radius 3 is 2.67 bits per heavy atom. The number of nitrogens with one attached hydrogen (secondary N) is 1. The molecule has 0 saturated carbocycles. The number of hydrogen-bond donors (Lipinski definition) is 1. The SMILES string of the molecule is Cc1cccc(Nc2ccc(C#N)cc2Cl)c1Br. The summed E-state index contributed by atoms with van der Waals surface area (Å²) in [5.41, 5.74) is 3.42. The molecule has 0 atom stereocenters. The Bertz CT molecular complexity index is 632. The van der Waals surface area contributed by atoms with E-state index in [1.54, 1.807) is 18.2 Å². The van der Waals surface area contributed by atoms with Crippen molar-refractivity contribution < 1.29 is 0 Å². The van der Waals surface area contributed by atoms with E-state index in [1.165, 1.54) is 0 Å². The minimum Gasteiger partial charge on any atom is -0.353 e. The van der Waals surface area contributed by atoms with E-state index in [4.69, 9.17) is 16.9 Å². The minimum absolute atomic E-state index is 0.530. The Kier molecular flexibility index (Phi) is 3.90. The highest BCUT2D eigenvalue weighted by molar-refractivity contribution is 9.10. The molecule has 0 aliphatic rings. The first-order valence-electron chi connectivity index (χ1n) is 5.33. The fraction of sp³-hybridized carbons (Fsp3) is 0.0714. The number of hydrogen-bond acceptors (Lipinski definition) is 2. The minimum atomic E-state index is 0.530. The van der Waals surface area contributed by atoms with Crippen LogP contribution in [-0.2, 0) is 0 Å². The fourth-order valence-electron chi connectivity index (χ4n) is 1.58. The van der Waals surface area contributed by atoms with Crippen LogP contribution in [0.1, 0.15) is 11.1 Å². The average Bonchev–Trinajstić information content (AvgIpc) is 2.37. The monoisotopic (exact) mass is 320 g/mol. The maximum Gasteiger partial charge on any atom is 0.0992 e. The summed E-state index contributed by atoms with van der Waals surface area (Å²) >= 11 is 9.65. The normalized spacial score (nSPS) is 9.89. The van der Waals surface area contributed by atoms with Crippen molar-refractivity contribution >= 4 is 38.9 Å². The molecular weight excluding hydrogens is 312 g/mol. The van der Waals surface area contributed by atoms with Crippen molar-refractivity contribution in [3.63, 3.8) is 0 Å². The number of benzene rings is 2. The van der Waals surface area contributed by atoms with E-state index >= 15 is 0 Å². The molecule has 90 valence electrons. The largest absolute Gasteiger partial charge is 0.353 e. The van der Waals surface area contributed by atoms with Gasteiger partial charge in [0, 0.05) is 4.47 Å². The highest BCUT2D eigenvalue weighted by atomic mass is 79.9. The fourth-order valence-corrected chi connectivity index (χ4v) is 2.17. The summed E-state index contributed by atoms with van der Waals surface area (Å²) in [6.45, 7) is 2.02. The molecule has 0 aromatic heterocycles. The van der Waals surface area contributed by atoms with Gasteiger partial charge in [-0.05, 0) is 52.7 Å². The molecule has 2 aromatic carbocycles. The molecule has 2 rings (SSSR count). The van der Waals surface area contributed by atoms with Gasteiger partial charge < -0.3 is 5.32 Å². The van der Waals surface area contributed by atoms with Crippen molar-refractivity contribution in [3.05, 3.63) is 57.0 Å². The molecule has 2 aromatic rings. The summed E-state index contributed by atoms with van der Waals surface area (Å²) in [6, 6.07) is 13.2. The first-order chi connectivity index (χ1) is 8.61. The number of aryl methyl sites for hydroxylation is 1. The van der Waals surface area contributed by atoms with E-state index < -0.39 is 0 Å². The Morgan fingerprint density at radius 2 is 2.00 bits per heavy atom. The smallest absolute Gasteiger partial charge is 0.0992 e. The van der Waals surface area contributed by atoms with Gasteiger partial charge in [0.15, 0.2) is 0 Å². The summed E-state index contributed by atoms with van der Waals surface area (Å²) in [5, 5.41) is 12.6. The molecule has 0 bridgehead atoms. The summed E-state index contributed by atoms with van der Waals surface area (Å²) in [4.78, 5) is 0. The third kappa shape index (κ3) is 2.66. The van der Waals surface area contributed by atoms with Crippen molar-refractivity contribution in [2.75, 3.05) is 5.32 Å². The van der Waals surface area contributed by atoms with Crippen molar-refractivity contribution in [2.24, 2.45) is 0 Å². The summed E-state index contributed by atoms with van der Waals surface area (Å²) < 4.78 is 1.01. The molecule has 0 aliphatic heterocycles. The Morgan fingerprint density at radius 1 is 1.22 bits per heavy atom. The van der Waals surface area contributed by atoms with Crippen LogP contribution in [0.5, 0.6) is 0 Å². The van der Waals surface area contributed by atoms with E-state index in [-0.39, 0.29) is 0 Å². The van der Waals surface area contributed by atoms with Crippen LogP contribution in [0.4, 0.5) is 11.4 Å². The van der Waals surface area contributed by atoms with E-state index in [0.29, 0.717) is 10.6 Å². The van der Waals surface area contributed by atoms with Crippen LogP contribution in [0.15, 0.2) is 40.9 Å². The second-order valence-corrected chi connectivity index (χ2v) is 5.07. The third-order valence-electron chi connectivity index (χ3n) is 2.56. The Labute approximate surface area is 119 Å². The topological polar surface area (TPSA) is 35.8 Å². The van der Waals surface area contributed by atoms with Gasteiger partial charge in [0.2, 0.25) is 0 Å². The molecule has 0 aliphatic carbocycles. The molecule has 0 unspecified atom stereocenters. The number of rotatable bonds is 2. The lowest BCUT2D eigenvalue weighted by Gasteiger charge is -2.11. The standard InChI is InChI=1S/C14H10BrClN2/c1-9-3-2-4-13(14(9)15)18-12-6-5-10(8-17)7-11(12)16/h2-7,18H,1H3. The van der Waals surface area contributed by atoms with E-state index in [1.807, 2.05) is 25.1 Å². The quantitative estimate of drug-likeness (QED) is 0.842. The Balaban J connectivity index is 2.35. The number of anilines is 2. The molecule has 0 saturated heterocycles. The Hall–Kier alpha value is -1.50. The van der Waals surface area contributed by atoms with Gasteiger partial charge in [-0.25, -0.2) is 0 Å². The predicted molar refractivity (Wildman–Crippen MR) is 78.3 cm³/mol. The molecule has 0 amide bonds. The summed E-state index contributed by atoms with van der Waals surface area (Å²) in [5.74, 6) is 0. The maximum atomic E-state index is 8.79. The summed E-state index contributed by atoms with van der Waals surface area (Å²) in [7, 11) is 0. The number of nitriles is 1. The lowest BCUT2D eigenvalue weighted by molar-refractivity contribution is 1.41. The van der Waals surface area contributed by atoms with E-state index in [2.05, 4.69) is 27.3 Å². The van der Waals surface area contributed by atoms with Gasteiger partial charge in [-0.2, -0.15) is 5.26 Å². The zero-order valence-electron chi connectivity index (χ0n) is 9.67. The van der Waals surface area contributed by atoms with Crippen LogP contribution in [0.3, 0.4) is 0 Å². The zero-order chi connectivity index (χ0) is 13.1. The lowest BCUT2D eigenvalue weighted by atomic mass is 10.2. The van der Waals surface area contributed by atoms with Gasteiger partial charge in [-0.1, -0.05) is 23.7 Å². The second kappa shape index (κ2) is 5.43. The van der Waals surface area contributed by atoms with E-state index in [9.17, 15) is 0 Å². The van der Waals surface area contributed by atoms with Gasteiger partial charge in [-0.15, -0.1) is 0 Å². The highest BCUT2D eigenvalue weighted by Gasteiger charge is 2.06. The van der Waals surface area contributed by atoms with Gasteiger partial charge in [0.25, 0.3) is 0 Å². The van der Waals surface area contributed by atoms with E-state index in [0.717, 1.165) is 21.4 Å². The molecule has 0 heterocycles. The zero-order valence-corrected chi connectivity index (χ0v) is 12.0. The van der Waals surface area contributed by atoms with Crippen molar-refractivity contribution in [1.82, 2.24) is 0 Å². The molecule has 0 fully saturated rings. The molecule has 4 heteroatoms. The lowest BCUT2D eigenvalue weighted by Crippen LogP contribution is -1.93. The van der Waals surface area contributed by atoms with Gasteiger partial charge in [0.05, 0.1) is 28.0 Å². The van der Waals surface area contributed by atoms with Gasteiger partial charge in [-0.3, -0.25) is 0 Å². The predicted octanol–water partition coefficient (Wildman–Crippen LogP) is 5.03. The van der Waals surface area contributed by atoms with Gasteiger partial charge in [0.1, 0.15) is 0 Å². The molecule has 1 N–H and O–H groups in total. The van der Waals surface area contributed by atoms with Crippen molar-refractivity contribution in [3.8, 4) is 6.07 Å². The highest BCUT2D eigenvalue weighted by Crippen LogP contribution is 2.31. The molecular formula is C14H10BrClN2. The van der Waals surface area contributed by atoms with Crippen molar-refractivity contribution in [1.29, 1.82) is 5.26 Å². The van der Waals surface area contributed by atoms with Gasteiger partial charge >= 0.3 is 0 Å². The molecule has 0 radical (unpaired) electrons. The maximum absolute atomic E-state index is 8.79. The van der Waals surface area contributed by atoms with Crippen LogP contribution < -0.4 is 5.32 Å².